The number of carbonyl (C=O) groups is 1. The number of amides is 1. The van der Waals surface area contributed by atoms with Gasteiger partial charge in [-0.3, -0.25) is 9.78 Å². The average Bonchev–Trinajstić information content (AvgIpc) is 2.88. The van der Waals surface area contributed by atoms with Crippen LogP contribution in [0.15, 0.2) is 48.8 Å². The molecule has 8 heteroatoms. The second-order valence-electron chi connectivity index (χ2n) is 10.0. The third-order valence-electron chi connectivity index (χ3n) is 7.47. The molecule has 2 aromatic heterocycles. The van der Waals surface area contributed by atoms with Crippen LogP contribution in [0.25, 0.3) is 0 Å². The van der Waals surface area contributed by atoms with E-state index in [0.717, 1.165) is 41.3 Å². The zero-order chi connectivity index (χ0) is 26.0. The number of nitriles is 1. The van der Waals surface area contributed by atoms with Crippen LogP contribution in [0.2, 0.25) is 0 Å². The Hall–Kier alpha value is -3.99. The summed E-state index contributed by atoms with van der Waals surface area (Å²) in [5.41, 5.74) is 3.69. The highest BCUT2D eigenvalue weighted by molar-refractivity contribution is 5.97. The van der Waals surface area contributed by atoms with E-state index in [0.29, 0.717) is 36.5 Å². The first-order valence-corrected chi connectivity index (χ1v) is 12.8. The lowest BCUT2D eigenvalue weighted by molar-refractivity contribution is 0.0402. The van der Waals surface area contributed by atoms with Crippen molar-refractivity contribution in [1.82, 2.24) is 14.9 Å². The van der Waals surface area contributed by atoms with E-state index < -0.39 is 5.67 Å². The maximum Gasteiger partial charge on any atom is 0.254 e. The number of aryl methyl sites for hydroxylation is 2. The molecule has 3 aromatic rings. The number of halogens is 1. The summed E-state index contributed by atoms with van der Waals surface area (Å²) in [7, 11) is 0. The van der Waals surface area contributed by atoms with Crippen LogP contribution in [0.3, 0.4) is 0 Å². The molecular weight excluding hydrogens is 467 g/mol. The third kappa shape index (κ3) is 5.12. The lowest BCUT2D eigenvalue weighted by atomic mass is 9.89. The Balaban J connectivity index is 1.24. The first kappa shape index (κ1) is 24.7. The molecule has 1 N–H and O–H groups in total. The predicted molar refractivity (Wildman–Crippen MR) is 141 cm³/mol. The first-order valence-electron chi connectivity index (χ1n) is 12.8. The van der Waals surface area contributed by atoms with E-state index >= 15 is 4.39 Å². The Morgan fingerprint density at radius 2 is 1.84 bits per heavy atom. The monoisotopic (exact) mass is 498 g/mol. The van der Waals surface area contributed by atoms with Crippen molar-refractivity contribution in [1.29, 1.82) is 5.26 Å². The van der Waals surface area contributed by atoms with Gasteiger partial charge in [0.2, 0.25) is 0 Å². The van der Waals surface area contributed by atoms with Crippen LogP contribution >= 0.6 is 0 Å². The van der Waals surface area contributed by atoms with Crippen LogP contribution in [-0.4, -0.2) is 47.0 Å². The van der Waals surface area contributed by atoms with Gasteiger partial charge in [0.25, 0.3) is 5.91 Å². The third-order valence-corrected chi connectivity index (χ3v) is 7.47. The molecule has 0 saturated carbocycles. The molecule has 2 aliphatic rings. The standard InChI is InChI=1S/C29H31FN6O/c1-20-14-21(2)25(32-18-23-5-7-27(34-19-23)35-10-3-11-35)15-24(20)28(37)36-12-8-29(30,9-13-36)26-6-4-22(16-31)17-33-26/h4-7,14-15,17,19,32H,3,8-13,18H2,1-2H3. The number of anilines is 2. The number of alkyl halides is 1. The molecule has 0 aliphatic carbocycles. The number of hydrogen-bond acceptors (Lipinski definition) is 6. The highest BCUT2D eigenvalue weighted by Gasteiger charge is 2.39. The number of aromatic nitrogens is 2. The van der Waals surface area contributed by atoms with Crippen molar-refractivity contribution < 1.29 is 9.18 Å². The van der Waals surface area contributed by atoms with Gasteiger partial charge in [-0.05, 0) is 61.2 Å². The number of rotatable bonds is 6. The van der Waals surface area contributed by atoms with Crippen LogP contribution in [0.5, 0.6) is 0 Å². The fourth-order valence-electron chi connectivity index (χ4n) is 4.94. The zero-order valence-corrected chi connectivity index (χ0v) is 21.3. The molecule has 7 nitrogen and oxygen atoms in total. The van der Waals surface area contributed by atoms with E-state index in [9.17, 15) is 4.79 Å². The average molecular weight is 499 g/mol. The van der Waals surface area contributed by atoms with Gasteiger partial charge in [0.05, 0.1) is 11.3 Å². The largest absolute Gasteiger partial charge is 0.381 e. The van der Waals surface area contributed by atoms with Gasteiger partial charge in [-0.1, -0.05) is 12.1 Å². The molecule has 5 rings (SSSR count). The van der Waals surface area contributed by atoms with Gasteiger partial charge in [0.1, 0.15) is 11.9 Å². The smallest absolute Gasteiger partial charge is 0.254 e. The molecule has 37 heavy (non-hydrogen) atoms. The van der Waals surface area contributed by atoms with Crippen LogP contribution in [0.4, 0.5) is 15.9 Å². The lowest BCUT2D eigenvalue weighted by Gasteiger charge is -2.36. The molecule has 2 saturated heterocycles. The molecule has 190 valence electrons. The summed E-state index contributed by atoms with van der Waals surface area (Å²) in [5.74, 6) is 0.930. The molecule has 1 aromatic carbocycles. The van der Waals surface area contributed by atoms with Crippen LogP contribution in [-0.2, 0) is 12.2 Å². The van der Waals surface area contributed by atoms with Crippen molar-refractivity contribution in [3.63, 3.8) is 0 Å². The summed E-state index contributed by atoms with van der Waals surface area (Å²) in [5, 5.41) is 12.4. The summed E-state index contributed by atoms with van der Waals surface area (Å²) in [6.07, 6.45) is 4.87. The second-order valence-corrected chi connectivity index (χ2v) is 10.0. The van der Waals surface area contributed by atoms with Crippen LogP contribution in [0.1, 0.15) is 57.6 Å². The Morgan fingerprint density at radius 1 is 1.05 bits per heavy atom. The van der Waals surface area contributed by atoms with Crippen molar-refractivity contribution in [2.75, 3.05) is 36.4 Å². The Bertz CT molecular complexity index is 1320. The first-order chi connectivity index (χ1) is 17.9. The van der Waals surface area contributed by atoms with Crippen LogP contribution in [0, 0.1) is 25.2 Å². The van der Waals surface area contributed by atoms with Crippen molar-refractivity contribution in [2.24, 2.45) is 0 Å². The topological polar surface area (TPSA) is 85.1 Å². The van der Waals surface area contributed by atoms with Crippen LogP contribution < -0.4 is 10.2 Å². The van der Waals surface area contributed by atoms with E-state index in [4.69, 9.17) is 5.26 Å². The van der Waals surface area contributed by atoms with Gasteiger partial charge in [0.15, 0.2) is 5.67 Å². The summed E-state index contributed by atoms with van der Waals surface area (Å²) in [4.78, 5) is 26.1. The maximum atomic E-state index is 15.6. The highest BCUT2D eigenvalue weighted by atomic mass is 19.1. The summed E-state index contributed by atoms with van der Waals surface area (Å²) < 4.78 is 15.6. The number of piperidine rings is 1. The number of carbonyl (C=O) groups excluding carboxylic acids is 1. The van der Waals surface area contributed by atoms with E-state index in [1.165, 1.54) is 12.6 Å². The minimum atomic E-state index is -1.60. The Kier molecular flexibility index (Phi) is 6.79. The fourth-order valence-corrected chi connectivity index (χ4v) is 4.94. The normalized spacial score (nSPS) is 16.6. The van der Waals surface area contributed by atoms with Gasteiger partial charge in [0, 0.05) is 69.2 Å². The number of nitrogens with one attached hydrogen (secondary N) is 1. The SMILES string of the molecule is Cc1cc(C)c(C(=O)N2CCC(F)(c3ccc(C#N)cn3)CC2)cc1NCc1ccc(N2CCC2)nc1. The molecule has 2 aliphatic heterocycles. The molecule has 0 spiro atoms. The fraction of sp³-hybridized carbons (Fsp3) is 0.379. The summed E-state index contributed by atoms with van der Waals surface area (Å²) >= 11 is 0. The van der Waals surface area contributed by atoms with E-state index in [-0.39, 0.29) is 18.7 Å². The summed E-state index contributed by atoms with van der Waals surface area (Å²) in [6, 6.07) is 13.2. The molecular formula is C29H31FN6O. The van der Waals surface area contributed by atoms with Crippen molar-refractivity contribution in [2.45, 2.75) is 45.3 Å². The molecule has 0 bridgehead atoms. The predicted octanol–water partition coefficient (Wildman–Crippen LogP) is 4.89. The lowest BCUT2D eigenvalue weighted by Crippen LogP contribution is -2.43. The maximum absolute atomic E-state index is 15.6. The number of hydrogen-bond donors (Lipinski definition) is 1. The van der Waals surface area contributed by atoms with Gasteiger partial charge in [-0.25, -0.2) is 9.37 Å². The van der Waals surface area contributed by atoms with E-state index in [1.54, 1.807) is 17.0 Å². The number of nitrogens with zero attached hydrogens (tertiary/aromatic N) is 5. The van der Waals surface area contributed by atoms with Crippen molar-refractivity contribution in [3.8, 4) is 6.07 Å². The Labute approximate surface area is 217 Å². The Morgan fingerprint density at radius 3 is 2.43 bits per heavy atom. The molecule has 1 amide bonds. The van der Waals surface area contributed by atoms with Crippen molar-refractivity contribution in [3.05, 3.63) is 82.3 Å². The summed E-state index contributed by atoms with van der Waals surface area (Å²) in [6.45, 7) is 7.32. The number of likely N-dealkylation sites (tertiary alicyclic amines) is 1. The quantitative estimate of drug-likeness (QED) is 0.521. The van der Waals surface area contributed by atoms with E-state index in [1.807, 2.05) is 38.2 Å². The molecule has 0 unspecified atom stereocenters. The minimum Gasteiger partial charge on any atom is -0.381 e. The number of pyridine rings is 2. The molecule has 0 atom stereocenters. The van der Waals surface area contributed by atoms with Gasteiger partial charge in [-0.2, -0.15) is 5.26 Å². The molecule has 2 fully saturated rings. The molecule has 0 radical (unpaired) electrons. The van der Waals surface area contributed by atoms with Gasteiger partial charge < -0.3 is 15.1 Å². The van der Waals surface area contributed by atoms with E-state index in [2.05, 4.69) is 32.3 Å². The second kappa shape index (κ2) is 10.2. The van der Waals surface area contributed by atoms with Crippen molar-refractivity contribution >= 4 is 17.4 Å². The minimum absolute atomic E-state index is 0.0871. The highest BCUT2D eigenvalue weighted by Crippen LogP contribution is 2.36. The van der Waals surface area contributed by atoms with Gasteiger partial charge in [-0.15, -0.1) is 0 Å². The van der Waals surface area contributed by atoms with Gasteiger partial charge >= 0.3 is 0 Å². The number of benzene rings is 1. The molecule has 4 heterocycles. The zero-order valence-electron chi connectivity index (χ0n) is 21.3.